The lowest BCUT2D eigenvalue weighted by Gasteiger charge is -2.06. The summed E-state index contributed by atoms with van der Waals surface area (Å²) in [7, 11) is -3.56. The predicted octanol–water partition coefficient (Wildman–Crippen LogP) is 1.70. The fourth-order valence-electron chi connectivity index (χ4n) is 1.13. The molecular weight excluding hydrogens is 250 g/mol. The molecule has 0 atom stereocenters. The molecule has 4 nitrogen and oxygen atoms in total. The lowest BCUT2D eigenvalue weighted by Crippen LogP contribution is -2.23. The third kappa shape index (κ3) is 3.75. The Bertz CT molecular complexity index is 416. The minimum absolute atomic E-state index is 0.180. The summed E-state index contributed by atoms with van der Waals surface area (Å²) in [5, 5.41) is 0. The van der Waals surface area contributed by atoms with Gasteiger partial charge >= 0.3 is 0 Å². The Kier molecular flexibility index (Phi) is 5.21. The molecule has 1 N–H and O–H groups in total. The molecule has 0 radical (unpaired) electrons. The van der Waals surface area contributed by atoms with E-state index >= 15 is 0 Å². The fraction of sp³-hybridized carbons (Fsp3) is 0.400. The highest BCUT2D eigenvalue weighted by atomic mass is 35.5. The molecule has 1 aromatic carbocycles. The third-order valence-corrected chi connectivity index (χ3v) is 3.35. The summed E-state index contributed by atoms with van der Waals surface area (Å²) in [5.41, 5.74) is 1.00. The van der Waals surface area contributed by atoms with Crippen LogP contribution in [0.4, 0.5) is 0 Å². The maximum Gasteiger partial charge on any atom is 0.262 e. The summed E-state index contributed by atoms with van der Waals surface area (Å²) in [6.45, 7) is 1.98. The Balaban J connectivity index is 2.80. The Morgan fingerprint density at radius 1 is 1.31 bits per heavy atom. The molecule has 0 spiro atoms. The molecule has 0 aliphatic heterocycles. The number of aryl methyl sites for hydroxylation is 1. The van der Waals surface area contributed by atoms with E-state index in [2.05, 4.69) is 4.84 Å². The van der Waals surface area contributed by atoms with Crippen molar-refractivity contribution in [3.63, 3.8) is 0 Å². The van der Waals surface area contributed by atoms with Gasteiger partial charge in [0.05, 0.1) is 11.5 Å². The monoisotopic (exact) mass is 263 g/mol. The van der Waals surface area contributed by atoms with E-state index < -0.39 is 10.0 Å². The smallest absolute Gasteiger partial charge is 0.262 e. The number of hydrogen-bond acceptors (Lipinski definition) is 3. The number of alkyl halides is 1. The number of sulfonamides is 1. The van der Waals surface area contributed by atoms with Gasteiger partial charge in [-0.3, -0.25) is 4.84 Å². The van der Waals surface area contributed by atoms with Crippen LogP contribution in [0.3, 0.4) is 0 Å². The molecule has 0 bridgehead atoms. The van der Waals surface area contributed by atoms with Crippen molar-refractivity contribution in [3.8, 4) is 0 Å². The molecule has 0 aliphatic carbocycles. The first-order chi connectivity index (χ1) is 7.60. The maximum absolute atomic E-state index is 11.6. The summed E-state index contributed by atoms with van der Waals surface area (Å²) in [6, 6.07) is 6.54. The van der Waals surface area contributed by atoms with Crippen molar-refractivity contribution in [2.24, 2.45) is 0 Å². The van der Waals surface area contributed by atoms with Gasteiger partial charge < -0.3 is 0 Å². The van der Waals surface area contributed by atoms with E-state index in [0.29, 0.717) is 5.88 Å². The summed E-state index contributed by atoms with van der Waals surface area (Å²) < 4.78 is 23.2. The van der Waals surface area contributed by atoms with Crippen molar-refractivity contribution in [3.05, 3.63) is 29.8 Å². The largest absolute Gasteiger partial charge is 0.287 e. The Labute approximate surface area is 101 Å². The molecule has 16 heavy (non-hydrogen) atoms. The van der Waals surface area contributed by atoms with Crippen molar-refractivity contribution in [1.29, 1.82) is 0 Å². The molecule has 1 rings (SSSR count). The van der Waals surface area contributed by atoms with Crippen molar-refractivity contribution >= 4 is 21.6 Å². The third-order valence-electron chi connectivity index (χ3n) is 1.93. The molecule has 1 aromatic rings. The van der Waals surface area contributed by atoms with Crippen molar-refractivity contribution in [1.82, 2.24) is 4.89 Å². The quantitative estimate of drug-likeness (QED) is 0.628. The second-order valence-electron chi connectivity index (χ2n) is 3.10. The summed E-state index contributed by atoms with van der Waals surface area (Å²) in [4.78, 5) is 6.87. The molecule has 0 aromatic heterocycles. The van der Waals surface area contributed by atoms with Crippen LogP contribution in [0.15, 0.2) is 29.2 Å². The molecule has 0 amide bonds. The van der Waals surface area contributed by atoms with Gasteiger partial charge in [-0.15, -0.1) is 11.6 Å². The van der Waals surface area contributed by atoms with Gasteiger partial charge in [0.15, 0.2) is 0 Å². The van der Waals surface area contributed by atoms with E-state index in [4.69, 9.17) is 11.6 Å². The Hall–Kier alpha value is -0.620. The maximum atomic E-state index is 11.6. The van der Waals surface area contributed by atoms with Crippen LogP contribution in [0, 0.1) is 0 Å². The number of rotatable bonds is 6. The first-order valence-electron chi connectivity index (χ1n) is 4.88. The standard InChI is InChI=1S/C10H14ClNO3S/c1-2-15-12-16(13,14)10-5-3-9(4-6-10)7-8-11/h3-6,12H,2,7-8H2,1H3. The highest BCUT2D eigenvalue weighted by molar-refractivity contribution is 7.89. The van der Waals surface area contributed by atoms with Gasteiger partial charge in [-0.2, -0.15) is 0 Å². The molecule has 0 heterocycles. The summed E-state index contributed by atoms with van der Waals surface area (Å²) >= 11 is 5.58. The van der Waals surface area contributed by atoms with Crippen LogP contribution in [0.2, 0.25) is 0 Å². The van der Waals surface area contributed by atoms with Gasteiger partial charge in [0.1, 0.15) is 0 Å². The molecule has 90 valence electrons. The fourth-order valence-corrected chi connectivity index (χ4v) is 2.21. The zero-order chi connectivity index (χ0) is 12.0. The molecule has 0 saturated carbocycles. The Morgan fingerprint density at radius 3 is 2.44 bits per heavy atom. The van der Waals surface area contributed by atoms with Crippen LogP contribution in [-0.2, 0) is 21.3 Å². The highest BCUT2D eigenvalue weighted by Crippen LogP contribution is 2.11. The van der Waals surface area contributed by atoms with Gasteiger partial charge in [0.25, 0.3) is 10.0 Å². The normalized spacial score (nSPS) is 11.6. The number of benzene rings is 1. The van der Waals surface area contributed by atoms with Crippen LogP contribution >= 0.6 is 11.6 Å². The lowest BCUT2D eigenvalue weighted by molar-refractivity contribution is 0.105. The molecule has 0 saturated heterocycles. The SMILES string of the molecule is CCONS(=O)(=O)c1ccc(CCCl)cc1. The van der Waals surface area contributed by atoms with Crippen molar-refractivity contribution < 1.29 is 13.3 Å². The molecule has 0 aliphatic rings. The van der Waals surface area contributed by atoms with Crippen LogP contribution in [0.5, 0.6) is 0 Å². The van der Waals surface area contributed by atoms with Crippen LogP contribution < -0.4 is 4.89 Å². The van der Waals surface area contributed by atoms with Crippen LogP contribution in [0.1, 0.15) is 12.5 Å². The number of halogens is 1. The van der Waals surface area contributed by atoms with Gasteiger partial charge in [-0.25, -0.2) is 8.42 Å². The number of hydrogen-bond donors (Lipinski definition) is 1. The first kappa shape index (κ1) is 13.4. The van der Waals surface area contributed by atoms with E-state index in [0.717, 1.165) is 12.0 Å². The van der Waals surface area contributed by atoms with Crippen LogP contribution in [-0.4, -0.2) is 20.9 Å². The van der Waals surface area contributed by atoms with E-state index in [9.17, 15) is 8.42 Å². The van der Waals surface area contributed by atoms with Gasteiger partial charge in [0, 0.05) is 5.88 Å². The average molecular weight is 264 g/mol. The molecule has 0 unspecified atom stereocenters. The van der Waals surface area contributed by atoms with E-state index in [-0.39, 0.29) is 11.5 Å². The van der Waals surface area contributed by atoms with Gasteiger partial charge in [-0.05, 0) is 31.0 Å². The molecule has 6 heteroatoms. The zero-order valence-corrected chi connectivity index (χ0v) is 10.5. The average Bonchev–Trinajstić information content (AvgIpc) is 2.28. The van der Waals surface area contributed by atoms with Gasteiger partial charge in [0.2, 0.25) is 0 Å². The van der Waals surface area contributed by atoms with Crippen molar-refractivity contribution in [2.45, 2.75) is 18.2 Å². The zero-order valence-electron chi connectivity index (χ0n) is 8.94. The second-order valence-corrected chi connectivity index (χ2v) is 5.13. The van der Waals surface area contributed by atoms with E-state index in [1.165, 1.54) is 12.1 Å². The molecule has 0 fully saturated rings. The van der Waals surface area contributed by atoms with E-state index in [1.54, 1.807) is 19.1 Å². The highest BCUT2D eigenvalue weighted by Gasteiger charge is 2.13. The summed E-state index contributed by atoms with van der Waals surface area (Å²) in [5.74, 6) is 0.517. The summed E-state index contributed by atoms with van der Waals surface area (Å²) in [6.07, 6.45) is 0.723. The minimum Gasteiger partial charge on any atom is -0.287 e. The minimum atomic E-state index is -3.56. The Morgan fingerprint density at radius 2 is 1.94 bits per heavy atom. The molecular formula is C10H14ClNO3S. The van der Waals surface area contributed by atoms with E-state index in [1.807, 2.05) is 4.89 Å². The number of nitrogens with one attached hydrogen (secondary N) is 1. The topological polar surface area (TPSA) is 55.4 Å². The van der Waals surface area contributed by atoms with Crippen molar-refractivity contribution in [2.75, 3.05) is 12.5 Å². The first-order valence-corrected chi connectivity index (χ1v) is 6.90. The second kappa shape index (κ2) is 6.20. The lowest BCUT2D eigenvalue weighted by atomic mass is 10.2. The predicted molar refractivity (Wildman–Crippen MR) is 62.8 cm³/mol. The van der Waals surface area contributed by atoms with Gasteiger partial charge in [-0.1, -0.05) is 17.0 Å². The van der Waals surface area contributed by atoms with Crippen LogP contribution in [0.25, 0.3) is 0 Å².